The molecule has 1 unspecified atom stereocenters. The third-order valence-corrected chi connectivity index (χ3v) is 14.4. The fraction of sp³-hybridized carbons (Fsp3) is 0.676. The molecule has 272 valence electrons. The summed E-state index contributed by atoms with van der Waals surface area (Å²) in [6.45, 7) is 23.3. The zero-order valence-corrected chi connectivity index (χ0v) is 33.8. The molecular formula is C37H57N7O4Si2. The van der Waals surface area contributed by atoms with Gasteiger partial charge in [-0.2, -0.15) is 10.4 Å². The van der Waals surface area contributed by atoms with E-state index in [4.69, 9.17) is 24.3 Å². The van der Waals surface area contributed by atoms with Crippen LogP contribution in [-0.4, -0.2) is 98.9 Å². The number of rotatable bonds is 14. The maximum atomic E-state index is 13.8. The summed E-state index contributed by atoms with van der Waals surface area (Å²) in [6.07, 6.45) is 3.19. The average Bonchev–Trinajstić information content (AvgIpc) is 3.44. The van der Waals surface area contributed by atoms with Crippen LogP contribution in [0.25, 0.3) is 22.6 Å². The molecule has 1 saturated heterocycles. The molecule has 0 bridgehead atoms. The van der Waals surface area contributed by atoms with Crippen LogP contribution in [0.2, 0.25) is 51.4 Å². The van der Waals surface area contributed by atoms with Gasteiger partial charge in [0.15, 0.2) is 5.82 Å². The van der Waals surface area contributed by atoms with E-state index in [0.717, 1.165) is 48.6 Å². The van der Waals surface area contributed by atoms with Crippen LogP contribution in [0.3, 0.4) is 0 Å². The molecule has 2 aromatic heterocycles. The van der Waals surface area contributed by atoms with E-state index in [-0.39, 0.29) is 11.9 Å². The number of hydrogen-bond donors (Lipinski definition) is 0. The minimum Gasteiger partial charge on any atom is -0.379 e. The van der Waals surface area contributed by atoms with E-state index in [9.17, 15) is 10.1 Å². The molecule has 0 radical (unpaired) electrons. The monoisotopic (exact) mass is 719 g/mol. The molecule has 0 spiro atoms. The molecule has 1 saturated carbocycles. The van der Waals surface area contributed by atoms with E-state index >= 15 is 0 Å². The summed E-state index contributed by atoms with van der Waals surface area (Å²) in [6, 6.07) is 7.96. The van der Waals surface area contributed by atoms with E-state index in [1.54, 1.807) is 11.9 Å². The number of hydrogen-bond acceptors (Lipinski definition) is 8. The number of likely N-dealkylation sites (N-methyl/N-ethyl adjacent to an activating group) is 1. The number of fused-ring (bicyclic) bond motifs is 3. The smallest absolute Gasteiger partial charge is 0.243 e. The molecule has 0 N–H and O–H groups in total. The van der Waals surface area contributed by atoms with Crippen molar-refractivity contribution in [3.63, 3.8) is 0 Å². The quantitative estimate of drug-likeness (QED) is 0.143. The molecule has 2 fully saturated rings. The Hall–Kier alpha value is -2.87. The number of carbonyl (C=O) groups is 1. The van der Waals surface area contributed by atoms with Crippen molar-refractivity contribution in [3.05, 3.63) is 29.0 Å². The number of benzene rings is 1. The van der Waals surface area contributed by atoms with Gasteiger partial charge in [0.25, 0.3) is 0 Å². The van der Waals surface area contributed by atoms with Crippen molar-refractivity contribution in [1.82, 2.24) is 24.2 Å². The third-order valence-electron chi connectivity index (χ3n) is 11.0. The number of nitrogens with zero attached hydrogens (tertiary/aromatic N) is 7. The van der Waals surface area contributed by atoms with Gasteiger partial charge in [0, 0.05) is 60.8 Å². The lowest BCUT2D eigenvalue weighted by molar-refractivity contribution is -0.124. The van der Waals surface area contributed by atoms with Crippen molar-refractivity contribution in [2.45, 2.75) is 104 Å². The van der Waals surface area contributed by atoms with Crippen molar-refractivity contribution in [3.8, 4) is 17.6 Å². The van der Waals surface area contributed by atoms with Crippen LogP contribution < -0.4 is 4.90 Å². The number of anilines is 1. The molecule has 1 amide bonds. The highest BCUT2D eigenvalue weighted by Crippen LogP contribution is 2.60. The molecule has 3 aromatic rings. The van der Waals surface area contributed by atoms with Gasteiger partial charge in [0.05, 0.1) is 41.5 Å². The maximum Gasteiger partial charge on any atom is 0.243 e. The van der Waals surface area contributed by atoms with Gasteiger partial charge in [-0.3, -0.25) is 14.3 Å². The summed E-state index contributed by atoms with van der Waals surface area (Å²) in [5.74, 6) is 1.33. The van der Waals surface area contributed by atoms with Crippen LogP contribution in [0, 0.1) is 22.7 Å². The van der Waals surface area contributed by atoms with Crippen molar-refractivity contribution in [1.29, 1.82) is 5.26 Å². The highest BCUT2D eigenvalue weighted by Gasteiger charge is 2.54. The van der Waals surface area contributed by atoms with Gasteiger partial charge >= 0.3 is 0 Å². The molecule has 6 rings (SSSR count). The predicted molar refractivity (Wildman–Crippen MR) is 203 cm³/mol. The van der Waals surface area contributed by atoms with Gasteiger partial charge in [-0.25, -0.2) is 9.67 Å². The first-order valence-corrected chi connectivity index (χ1v) is 25.8. The largest absolute Gasteiger partial charge is 0.379 e. The molecule has 11 nitrogen and oxygen atoms in total. The lowest BCUT2D eigenvalue weighted by Crippen LogP contribution is -2.50. The van der Waals surface area contributed by atoms with E-state index in [2.05, 4.69) is 66.4 Å². The highest BCUT2D eigenvalue weighted by atomic mass is 28.3. The zero-order valence-electron chi connectivity index (χ0n) is 31.8. The van der Waals surface area contributed by atoms with Crippen LogP contribution in [0.4, 0.5) is 5.69 Å². The summed E-state index contributed by atoms with van der Waals surface area (Å²) in [5.41, 5.74) is 6.20. The normalized spacial score (nSPS) is 21.5. The Kier molecular flexibility index (Phi) is 10.5. The van der Waals surface area contributed by atoms with Gasteiger partial charge in [-0.05, 0) is 61.7 Å². The van der Waals surface area contributed by atoms with Gasteiger partial charge < -0.3 is 19.1 Å². The second kappa shape index (κ2) is 14.3. The summed E-state index contributed by atoms with van der Waals surface area (Å²) >= 11 is 0. The summed E-state index contributed by atoms with van der Waals surface area (Å²) in [7, 11) is -0.765. The van der Waals surface area contributed by atoms with Crippen LogP contribution >= 0.6 is 0 Å². The lowest BCUT2D eigenvalue weighted by Gasteiger charge is -2.33. The number of ether oxygens (including phenoxy) is 3. The number of morpholine rings is 1. The molecule has 13 heteroatoms. The molecule has 1 aliphatic heterocycles. The first kappa shape index (κ1) is 36.9. The highest BCUT2D eigenvalue weighted by molar-refractivity contribution is 6.76. The van der Waals surface area contributed by atoms with Gasteiger partial charge in [0.2, 0.25) is 5.91 Å². The van der Waals surface area contributed by atoms with Crippen molar-refractivity contribution in [2.24, 2.45) is 11.3 Å². The Bertz CT molecular complexity index is 1760. The van der Waals surface area contributed by atoms with E-state index in [0.29, 0.717) is 74.5 Å². The third kappa shape index (κ3) is 7.95. The van der Waals surface area contributed by atoms with Crippen LogP contribution in [0.15, 0.2) is 12.1 Å². The van der Waals surface area contributed by atoms with Crippen molar-refractivity contribution < 1.29 is 19.0 Å². The summed E-state index contributed by atoms with van der Waals surface area (Å²) in [5, 5.41) is 15.6. The minimum atomic E-state index is -1.30. The number of nitriles is 1. The Morgan fingerprint density at radius 3 is 2.40 bits per heavy atom. The average molecular weight is 720 g/mol. The Morgan fingerprint density at radius 1 is 1.10 bits per heavy atom. The Labute approximate surface area is 299 Å². The topological polar surface area (TPSA) is 111 Å². The van der Waals surface area contributed by atoms with E-state index < -0.39 is 16.1 Å². The second-order valence-electron chi connectivity index (χ2n) is 17.5. The molecule has 1 aromatic carbocycles. The molecule has 3 aliphatic rings. The fourth-order valence-corrected chi connectivity index (χ4v) is 8.84. The van der Waals surface area contributed by atoms with Crippen LogP contribution in [0.5, 0.6) is 0 Å². The lowest BCUT2D eigenvalue weighted by atomic mass is 9.87. The number of amides is 1. The van der Waals surface area contributed by atoms with E-state index in [1.165, 1.54) is 17.7 Å². The van der Waals surface area contributed by atoms with Gasteiger partial charge in [-0.15, -0.1) is 0 Å². The van der Waals surface area contributed by atoms with Gasteiger partial charge in [-0.1, -0.05) is 46.2 Å². The zero-order chi connectivity index (χ0) is 36.0. The first-order valence-electron chi connectivity index (χ1n) is 18.4. The maximum absolute atomic E-state index is 13.8. The summed E-state index contributed by atoms with van der Waals surface area (Å²) < 4.78 is 22.3. The minimum absolute atomic E-state index is 0.0634. The van der Waals surface area contributed by atoms with Gasteiger partial charge in [0.1, 0.15) is 25.2 Å². The molecule has 3 heterocycles. The van der Waals surface area contributed by atoms with Crippen molar-refractivity contribution >= 4 is 38.8 Å². The number of carbonyl (C=O) groups excluding carboxylic acids is 1. The molecule has 2 aliphatic carbocycles. The Balaban J connectivity index is 1.39. The van der Waals surface area contributed by atoms with E-state index in [1.807, 2.05) is 19.1 Å². The van der Waals surface area contributed by atoms with Crippen molar-refractivity contribution in [2.75, 3.05) is 51.5 Å². The SMILES string of the molecule is CC(C(=O)N(C)c1cc2nc(-c3nn(COCC[Si](C)(C)C)c4c3C[C@@H]3C[C@]3(C)C4)n(COCC[Si](C)(C)C)c2cc1C#N)N1CCOCC1. The standard InChI is InChI=1S/C37H57N7O4Si2/c1-26(42-10-12-46-13-11-42)36(45)41(3)31-20-30-32(18-27(31)23-38)43(24-47-14-16-49(4,5)6)35(39-30)34-29-19-28-21-37(28,2)22-33(29)44(40-34)25-48-15-17-50(7,8)9/h18,20,26,28H,10-17,19,21-22,24-25H2,1-9H3/t26?,28-,37-/m1/s1. The number of imidazole rings is 1. The van der Waals surface area contributed by atoms with Crippen LogP contribution in [-0.2, 0) is 45.3 Å². The second-order valence-corrected chi connectivity index (χ2v) is 28.7. The molecule has 3 atom stereocenters. The fourth-order valence-electron chi connectivity index (χ4n) is 7.32. The number of aromatic nitrogens is 4. The first-order chi connectivity index (χ1) is 23.6. The molecule has 50 heavy (non-hydrogen) atoms. The summed E-state index contributed by atoms with van der Waals surface area (Å²) in [4.78, 5) is 22.7. The molecular weight excluding hydrogens is 663 g/mol. The Morgan fingerprint density at radius 2 is 1.76 bits per heavy atom. The van der Waals surface area contributed by atoms with Crippen LogP contribution in [0.1, 0.15) is 37.1 Å². The predicted octanol–water partition coefficient (Wildman–Crippen LogP) is 6.20.